The molecule has 1 aliphatic heterocycles. The largest absolute Gasteiger partial charge is 0.351 e. The normalized spacial score (nSPS) is 20.6. The number of rotatable bonds is 5. The van der Waals surface area contributed by atoms with Gasteiger partial charge in [0, 0.05) is 17.3 Å². The number of carbonyl (C=O) groups is 2. The Morgan fingerprint density at radius 2 is 1.72 bits per heavy atom. The maximum atomic E-state index is 13.9. The SMILES string of the molecule is CCc1ccc(-c2cc3n(n2)C[C@](C)(C(=O)NC2CCCCCC2)N(c2ccc(F)cc2)C3=O)cc1. The molecule has 1 fully saturated rings. The average Bonchev–Trinajstić information content (AvgIpc) is 3.13. The van der Waals surface area contributed by atoms with Crippen molar-refractivity contribution in [3.8, 4) is 11.3 Å². The molecule has 1 aromatic heterocycles. The number of fused-ring (bicyclic) bond motifs is 1. The fourth-order valence-corrected chi connectivity index (χ4v) is 5.39. The molecule has 1 saturated carbocycles. The lowest BCUT2D eigenvalue weighted by molar-refractivity contribution is -0.127. The van der Waals surface area contributed by atoms with Crippen molar-refractivity contribution in [1.82, 2.24) is 15.1 Å². The van der Waals surface area contributed by atoms with Crippen LogP contribution in [0.5, 0.6) is 0 Å². The molecule has 3 aromatic rings. The van der Waals surface area contributed by atoms with Gasteiger partial charge >= 0.3 is 0 Å². The van der Waals surface area contributed by atoms with Crippen molar-refractivity contribution in [2.24, 2.45) is 0 Å². The number of hydrogen-bond donors (Lipinski definition) is 1. The van der Waals surface area contributed by atoms with Crippen LogP contribution in [0.3, 0.4) is 0 Å². The molecule has 2 amide bonds. The molecule has 1 aliphatic carbocycles. The van der Waals surface area contributed by atoms with Gasteiger partial charge in [-0.3, -0.25) is 19.2 Å². The van der Waals surface area contributed by atoms with Gasteiger partial charge in [-0.15, -0.1) is 0 Å². The maximum Gasteiger partial charge on any atom is 0.277 e. The summed E-state index contributed by atoms with van der Waals surface area (Å²) < 4.78 is 15.4. The third kappa shape index (κ3) is 4.54. The zero-order chi connectivity index (χ0) is 25.3. The van der Waals surface area contributed by atoms with Crippen LogP contribution >= 0.6 is 0 Å². The molecule has 36 heavy (non-hydrogen) atoms. The first kappa shape index (κ1) is 24.2. The molecule has 1 N–H and O–H groups in total. The highest BCUT2D eigenvalue weighted by Gasteiger charge is 2.49. The second kappa shape index (κ2) is 9.88. The van der Waals surface area contributed by atoms with Crippen LogP contribution in [-0.4, -0.2) is 33.2 Å². The summed E-state index contributed by atoms with van der Waals surface area (Å²) >= 11 is 0. The van der Waals surface area contributed by atoms with E-state index in [0.717, 1.165) is 37.7 Å². The summed E-state index contributed by atoms with van der Waals surface area (Å²) in [6, 6.07) is 15.8. The summed E-state index contributed by atoms with van der Waals surface area (Å²) in [6.45, 7) is 4.09. The maximum absolute atomic E-state index is 13.9. The first-order valence-corrected chi connectivity index (χ1v) is 13.0. The van der Waals surface area contributed by atoms with Crippen LogP contribution in [-0.2, 0) is 17.8 Å². The number of nitrogens with zero attached hydrogens (tertiary/aromatic N) is 3. The van der Waals surface area contributed by atoms with E-state index in [1.807, 2.05) is 12.1 Å². The Kier molecular flexibility index (Phi) is 6.65. The van der Waals surface area contributed by atoms with E-state index in [9.17, 15) is 14.0 Å². The van der Waals surface area contributed by atoms with Crippen molar-refractivity contribution in [2.75, 3.05) is 4.90 Å². The van der Waals surface area contributed by atoms with Crippen LogP contribution in [0, 0.1) is 5.82 Å². The van der Waals surface area contributed by atoms with E-state index in [1.165, 1.54) is 35.4 Å². The molecule has 1 atom stereocenters. The highest BCUT2D eigenvalue weighted by atomic mass is 19.1. The predicted molar refractivity (Wildman–Crippen MR) is 138 cm³/mol. The molecular formula is C29H33FN4O2. The second-order valence-corrected chi connectivity index (χ2v) is 10.2. The van der Waals surface area contributed by atoms with Gasteiger partial charge in [0.15, 0.2) is 0 Å². The topological polar surface area (TPSA) is 67.2 Å². The molecule has 2 aromatic carbocycles. The van der Waals surface area contributed by atoms with Gasteiger partial charge in [0.1, 0.15) is 17.1 Å². The van der Waals surface area contributed by atoms with E-state index in [4.69, 9.17) is 5.10 Å². The van der Waals surface area contributed by atoms with Crippen molar-refractivity contribution in [3.63, 3.8) is 0 Å². The van der Waals surface area contributed by atoms with Crippen LogP contribution in [0.15, 0.2) is 54.6 Å². The molecule has 6 nitrogen and oxygen atoms in total. The summed E-state index contributed by atoms with van der Waals surface area (Å²) in [5.41, 5.74) is 2.51. The number of aryl methyl sites for hydroxylation is 1. The van der Waals surface area contributed by atoms with Crippen LogP contribution < -0.4 is 10.2 Å². The standard InChI is InChI=1S/C29H33FN4O2/c1-3-20-10-12-21(13-11-20)25-18-26-27(35)34(24-16-14-22(30)15-17-24)29(2,19-33(26)32-25)28(36)31-23-8-6-4-5-7-9-23/h10-18,23H,3-9,19H2,1-2H3,(H,31,36)/t29-/m1/s1. The highest BCUT2D eigenvalue weighted by molar-refractivity contribution is 6.12. The van der Waals surface area contributed by atoms with Crippen molar-refractivity contribution in [1.29, 1.82) is 0 Å². The van der Waals surface area contributed by atoms with E-state index < -0.39 is 11.4 Å². The summed E-state index contributed by atoms with van der Waals surface area (Å²) in [6.07, 6.45) is 7.37. The minimum atomic E-state index is -1.22. The fourth-order valence-electron chi connectivity index (χ4n) is 5.39. The lowest BCUT2D eigenvalue weighted by atomic mass is 9.93. The van der Waals surface area contributed by atoms with E-state index in [2.05, 4.69) is 24.4 Å². The fraction of sp³-hybridized carbons (Fsp3) is 0.414. The molecule has 0 spiro atoms. The van der Waals surface area contributed by atoms with Crippen LogP contribution in [0.4, 0.5) is 10.1 Å². The van der Waals surface area contributed by atoms with Gasteiger partial charge in [-0.1, -0.05) is 56.9 Å². The lowest BCUT2D eigenvalue weighted by Gasteiger charge is -2.43. The molecule has 0 radical (unpaired) electrons. The Morgan fingerprint density at radius 3 is 2.36 bits per heavy atom. The minimum Gasteiger partial charge on any atom is -0.351 e. The summed E-state index contributed by atoms with van der Waals surface area (Å²) in [5.74, 6) is -0.923. The van der Waals surface area contributed by atoms with Gasteiger partial charge in [-0.05, 0) is 62.1 Å². The van der Waals surface area contributed by atoms with E-state index >= 15 is 0 Å². The Labute approximate surface area is 211 Å². The monoisotopic (exact) mass is 488 g/mol. The molecule has 0 unspecified atom stereocenters. The molecule has 7 heteroatoms. The highest BCUT2D eigenvalue weighted by Crippen LogP contribution is 2.35. The van der Waals surface area contributed by atoms with Gasteiger partial charge in [-0.2, -0.15) is 5.10 Å². The smallest absolute Gasteiger partial charge is 0.277 e. The number of hydrogen-bond acceptors (Lipinski definition) is 3. The lowest BCUT2D eigenvalue weighted by Crippen LogP contribution is -2.65. The average molecular weight is 489 g/mol. The van der Waals surface area contributed by atoms with E-state index in [1.54, 1.807) is 29.8 Å². The van der Waals surface area contributed by atoms with E-state index in [-0.39, 0.29) is 24.4 Å². The van der Waals surface area contributed by atoms with Crippen molar-refractivity contribution < 1.29 is 14.0 Å². The molecule has 188 valence electrons. The zero-order valence-corrected chi connectivity index (χ0v) is 21.0. The number of aromatic nitrogens is 2. The van der Waals surface area contributed by atoms with Gasteiger partial charge in [0.05, 0.1) is 12.2 Å². The molecule has 5 rings (SSSR count). The van der Waals surface area contributed by atoms with Gasteiger partial charge in [-0.25, -0.2) is 4.39 Å². The molecule has 2 aliphatic rings. The van der Waals surface area contributed by atoms with Crippen LogP contribution in [0.25, 0.3) is 11.3 Å². The third-order valence-corrected chi connectivity index (χ3v) is 7.58. The van der Waals surface area contributed by atoms with E-state index in [0.29, 0.717) is 17.1 Å². The van der Waals surface area contributed by atoms with Crippen LogP contribution in [0.2, 0.25) is 0 Å². The minimum absolute atomic E-state index is 0.0913. The Bertz CT molecular complexity index is 1240. The van der Waals surface area contributed by atoms with Gasteiger partial charge in [0.2, 0.25) is 5.91 Å². The van der Waals surface area contributed by atoms with Crippen LogP contribution in [0.1, 0.15) is 68.4 Å². The molecule has 0 bridgehead atoms. The van der Waals surface area contributed by atoms with Crippen molar-refractivity contribution >= 4 is 17.5 Å². The summed E-state index contributed by atoms with van der Waals surface area (Å²) in [4.78, 5) is 29.3. The van der Waals surface area contributed by atoms with Gasteiger partial charge in [0.25, 0.3) is 5.91 Å². The second-order valence-electron chi connectivity index (χ2n) is 10.2. The first-order chi connectivity index (χ1) is 17.4. The number of anilines is 1. The summed E-state index contributed by atoms with van der Waals surface area (Å²) in [7, 11) is 0. The Morgan fingerprint density at radius 1 is 1.06 bits per heavy atom. The molecular weight excluding hydrogens is 455 g/mol. The third-order valence-electron chi connectivity index (χ3n) is 7.58. The number of amides is 2. The Hall–Kier alpha value is -3.48. The quantitative estimate of drug-likeness (QED) is 0.482. The summed E-state index contributed by atoms with van der Waals surface area (Å²) in [5, 5.41) is 7.97. The van der Waals surface area contributed by atoms with Crippen molar-refractivity contribution in [3.05, 3.63) is 71.7 Å². The van der Waals surface area contributed by atoms with Crippen molar-refractivity contribution in [2.45, 2.75) is 76.9 Å². The van der Waals surface area contributed by atoms with Gasteiger partial charge < -0.3 is 5.32 Å². The Balaban J connectivity index is 1.53. The number of halogens is 1. The zero-order valence-electron chi connectivity index (χ0n) is 21.0. The number of nitrogens with one attached hydrogen (secondary N) is 1. The number of benzene rings is 2. The molecule has 0 saturated heterocycles. The number of carbonyl (C=O) groups excluding carboxylic acids is 2. The molecule has 2 heterocycles. The predicted octanol–water partition coefficient (Wildman–Crippen LogP) is 5.51. The first-order valence-electron chi connectivity index (χ1n) is 13.0.